The Labute approximate surface area is 75.6 Å². The van der Waals surface area contributed by atoms with Crippen LogP contribution in [0.15, 0.2) is 15.3 Å². The van der Waals surface area contributed by atoms with Crippen molar-refractivity contribution in [2.45, 2.75) is 13.8 Å². The monoisotopic (exact) mass is 181 g/mol. The van der Waals surface area contributed by atoms with Gasteiger partial charge in [0, 0.05) is 13.1 Å². The van der Waals surface area contributed by atoms with E-state index in [1.807, 2.05) is 0 Å². The lowest BCUT2D eigenvalue weighted by Gasteiger charge is -2.05. The van der Waals surface area contributed by atoms with E-state index < -0.39 is 5.63 Å². The minimum absolute atomic E-state index is 0.237. The lowest BCUT2D eigenvalue weighted by atomic mass is 10.1. The Morgan fingerprint density at radius 1 is 1.46 bits per heavy atom. The molecule has 1 rings (SSSR count). The third kappa shape index (κ3) is 1.77. The lowest BCUT2D eigenvalue weighted by molar-refractivity contribution is 0.0959. The highest BCUT2D eigenvalue weighted by molar-refractivity contribution is 5.96. The van der Waals surface area contributed by atoms with E-state index in [1.54, 1.807) is 13.8 Å². The van der Waals surface area contributed by atoms with Crippen LogP contribution in [-0.2, 0) is 0 Å². The smallest absolute Gasteiger partial charge is 0.336 e. The number of rotatable bonds is 1. The molecule has 1 heterocycles. The molecule has 0 saturated heterocycles. The van der Waals surface area contributed by atoms with E-state index in [0.717, 1.165) is 0 Å². The molecular formula is C9H11NO3. The molecule has 4 nitrogen and oxygen atoms in total. The fourth-order valence-corrected chi connectivity index (χ4v) is 1.22. The lowest BCUT2D eigenvalue weighted by Crippen LogP contribution is -2.21. The molecule has 0 radical (unpaired) electrons. The first-order valence-corrected chi connectivity index (χ1v) is 3.89. The van der Waals surface area contributed by atoms with Crippen molar-refractivity contribution >= 4 is 5.91 Å². The molecule has 0 spiro atoms. The van der Waals surface area contributed by atoms with Gasteiger partial charge in [-0.1, -0.05) is 0 Å². The molecule has 0 atom stereocenters. The Balaban J connectivity index is 3.37. The summed E-state index contributed by atoms with van der Waals surface area (Å²) in [6.07, 6.45) is 0. The summed E-state index contributed by atoms with van der Waals surface area (Å²) < 4.78 is 4.80. The minimum Gasteiger partial charge on any atom is -0.427 e. The second-order valence-corrected chi connectivity index (χ2v) is 2.76. The van der Waals surface area contributed by atoms with Gasteiger partial charge in [-0.2, -0.15) is 0 Å². The number of nitrogens with one attached hydrogen (secondary N) is 1. The second kappa shape index (κ2) is 3.43. The van der Waals surface area contributed by atoms with Gasteiger partial charge in [0.1, 0.15) is 5.76 Å². The third-order valence-electron chi connectivity index (χ3n) is 1.79. The first-order valence-electron chi connectivity index (χ1n) is 3.89. The summed E-state index contributed by atoms with van der Waals surface area (Å²) in [7, 11) is 1.53. The van der Waals surface area contributed by atoms with Crippen LogP contribution in [0, 0.1) is 13.8 Å². The fourth-order valence-electron chi connectivity index (χ4n) is 1.22. The fraction of sp³-hybridized carbons (Fsp3) is 0.333. The van der Waals surface area contributed by atoms with Gasteiger partial charge in [-0.3, -0.25) is 4.79 Å². The van der Waals surface area contributed by atoms with E-state index in [9.17, 15) is 9.59 Å². The largest absolute Gasteiger partial charge is 0.427 e. The molecule has 0 fully saturated rings. The number of carbonyl (C=O) groups excluding carboxylic acids is 1. The zero-order valence-corrected chi connectivity index (χ0v) is 7.80. The Hall–Kier alpha value is -1.58. The molecule has 13 heavy (non-hydrogen) atoms. The predicted octanol–water partition coefficient (Wildman–Crippen LogP) is 0.616. The predicted molar refractivity (Wildman–Crippen MR) is 47.8 cm³/mol. The summed E-state index contributed by atoms with van der Waals surface area (Å²) in [5.74, 6) is 0.114. The van der Waals surface area contributed by atoms with Crippen molar-refractivity contribution in [3.8, 4) is 0 Å². The molecule has 0 unspecified atom stereocenters. The van der Waals surface area contributed by atoms with E-state index in [0.29, 0.717) is 16.9 Å². The van der Waals surface area contributed by atoms with E-state index in [1.165, 1.54) is 13.1 Å². The van der Waals surface area contributed by atoms with E-state index in [4.69, 9.17) is 4.42 Å². The average molecular weight is 181 g/mol. The summed E-state index contributed by atoms with van der Waals surface area (Å²) in [5, 5.41) is 2.48. The summed E-state index contributed by atoms with van der Waals surface area (Å²) >= 11 is 0. The number of amides is 1. The van der Waals surface area contributed by atoms with Crippen molar-refractivity contribution in [2.75, 3.05) is 7.05 Å². The van der Waals surface area contributed by atoms with Crippen LogP contribution < -0.4 is 10.9 Å². The standard InChI is InChI=1S/C9H11NO3/c1-5-4-7(11)13-6(2)8(5)9(12)10-3/h4H,1-3H3,(H,10,12). The van der Waals surface area contributed by atoms with Gasteiger partial charge in [-0.25, -0.2) is 4.79 Å². The van der Waals surface area contributed by atoms with Gasteiger partial charge in [0.15, 0.2) is 0 Å². The molecule has 0 aliphatic carbocycles. The van der Waals surface area contributed by atoms with Crippen LogP contribution >= 0.6 is 0 Å². The van der Waals surface area contributed by atoms with Crippen molar-refractivity contribution in [2.24, 2.45) is 0 Å². The van der Waals surface area contributed by atoms with Crippen LogP contribution in [0.4, 0.5) is 0 Å². The Morgan fingerprint density at radius 3 is 2.54 bits per heavy atom. The molecule has 0 aromatic carbocycles. The van der Waals surface area contributed by atoms with E-state index in [-0.39, 0.29) is 5.91 Å². The number of aryl methyl sites for hydroxylation is 2. The van der Waals surface area contributed by atoms with Crippen molar-refractivity contribution in [1.29, 1.82) is 0 Å². The van der Waals surface area contributed by atoms with Crippen LogP contribution in [0.5, 0.6) is 0 Å². The first-order chi connectivity index (χ1) is 6.06. The normalized spacial score (nSPS) is 9.77. The highest BCUT2D eigenvalue weighted by Crippen LogP contribution is 2.09. The van der Waals surface area contributed by atoms with Gasteiger partial charge in [-0.05, 0) is 19.4 Å². The number of hydrogen-bond donors (Lipinski definition) is 1. The number of carbonyl (C=O) groups is 1. The minimum atomic E-state index is -0.428. The van der Waals surface area contributed by atoms with Gasteiger partial charge in [-0.15, -0.1) is 0 Å². The van der Waals surface area contributed by atoms with Crippen molar-refractivity contribution in [3.05, 3.63) is 33.4 Å². The Morgan fingerprint density at radius 2 is 2.08 bits per heavy atom. The van der Waals surface area contributed by atoms with Gasteiger partial charge >= 0.3 is 5.63 Å². The molecule has 0 saturated carbocycles. The summed E-state index contributed by atoms with van der Waals surface area (Å²) in [5.41, 5.74) is 0.637. The second-order valence-electron chi connectivity index (χ2n) is 2.76. The van der Waals surface area contributed by atoms with Crippen LogP contribution in [0.1, 0.15) is 21.7 Å². The molecule has 1 aromatic rings. The molecule has 0 bridgehead atoms. The topological polar surface area (TPSA) is 59.3 Å². The van der Waals surface area contributed by atoms with Crippen LogP contribution in [-0.4, -0.2) is 13.0 Å². The van der Waals surface area contributed by atoms with Gasteiger partial charge in [0.05, 0.1) is 5.56 Å². The Bertz CT molecular complexity index is 366. The maximum absolute atomic E-state index is 11.3. The van der Waals surface area contributed by atoms with Crippen molar-refractivity contribution in [3.63, 3.8) is 0 Å². The quantitative estimate of drug-likeness (QED) is 0.690. The molecule has 70 valence electrons. The SMILES string of the molecule is CNC(=O)c1c(C)cc(=O)oc1C. The average Bonchev–Trinajstić information content (AvgIpc) is 2.02. The first kappa shape index (κ1) is 9.51. The molecule has 1 amide bonds. The molecule has 0 aliphatic heterocycles. The molecule has 1 aromatic heterocycles. The molecule has 1 N–H and O–H groups in total. The van der Waals surface area contributed by atoms with Gasteiger partial charge < -0.3 is 9.73 Å². The zero-order valence-electron chi connectivity index (χ0n) is 7.80. The van der Waals surface area contributed by atoms with E-state index >= 15 is 0 Å². The van der Waals surface area contributed by atoms with E-state index in [2.05, 4.69) is 5.32 Å². The zero-order chi connectivity index (χ0) is 10.0. The Kier molecular flexibility index (Phi) is 2.51. The van der Waals surface area contributed by atoms with Crippen LogP contribution in [0.2, 0.25) is 0 Å². The third-order valence-corrected chi connectivity index (χ3v) is 1.79. The molecular weight excluding hydrogens is 170 g/mol. The summed E-state index contributed by atoms with van der Waals surface area (Å²) in [6.45, 7) is 3.30. The molecule has 0 aliphatic rings. The number of hydrogen-bond acceptors (Lipinski definition) is 3. The molecule has 4 heteroatoms. The van der Waals surface area contributed by atoms with Crippen molar-refractivity contribution in [1.82, 2.24) is 5.32 Å². The van der Waals surface area contributed by atoms with Gasteiger partial charge in [0.2, 0.25) is 0 Å². The highest BCUT2D eigenvalue weighted by atomic mass is 16.4. The summed E-state index contributed by atoms with van der Waals surface area (Å²) in [4.78, 5) is 22.2. The summed E-state index contributed by atoms with van der Waals surface area (Å²) in [6, 6.07) is 1.30. The van der Waals surface area contributed by atoms with Crippen LogP contribution in [0.3, 0.4) is 0 Å². The van der Waals surface area contributed by atoms with Crippen LogP contribution in [0.25, 0.3) is 0 Å². The maximum atomic E-state index is 11.3. The highest BCUT2D eigenvalue weighted by Gasteiger charge is 2.12. The maximum Gasteiger partial charge on any atom is 0.336 e. The van der Waals surface area contributed by atoms with Gasteiger partial charge in [0.25, 0.3) is 5.91 Å². The van der Waals surface area contributed by atoms with Crippen molar-refractivity contribution < 1.29 is 9.21 Å².